The molecule has 0 bridgehead atoms. The lowest BCUT2D eigenvalue weighted by Gasteiger charge is -2.17. The van der Waals surface area contributed by atoms with Gasteiger partial charge in [0.1, 0.15) is 5.65 Å². The first-order valence-corrected chi connectivity index (χ1v) is 9.25. The molecule has 1 aromatic carbocycles. The molecule has 1 amide bonds. The molecule has 3 heterocycles. The monoisotopic (exact) mass is 387 g/mol. The zero-order valence-electron chi connectivity index (χ0n) is 16.4. The van der Waals surface area contributed by atoms with Crippen molar-refractivity contribution in [2.75, 3.05) is 6.54 Å². The third-order valence-corrected chi connectivity index (χ3v) is 4.91. The second-order valence-electron chi connectivity index (χ2n) is 7.77. The van der Waals surface area contributed by atoms with Crippen LogP contribution in [0, 0.1) is 11.3 Å². The fourth-order valence-corrected chi connectivity index (χ4v) is 3.41. The van der Waals surface area contributed by atoms with Crippen molar-refractivity contribution in [2.45, 2.75) is 19.4 Å². The van der Waals surface area contributed by atoms with E-state index in [4.69, 9.17) is 0 Å². The van der Waals surface area contributed by atoms with Gasteiger partial charge in [0.2, 0.25) is 0 Å². The number of nitrogens with zero attached hydrogens (tertiary/aromatic N) is 3. The molecule has 0 spiro atoms. The fourth-order valence-electron chi connectivity index (χ4n) is 3.41. The highest BCUT2D eigenvalue weighted by Gasteiger charge is 2.17. The van der Waals surface area contributed by atoms with Gasteiger partial charge in [0, 0.05) is 41.6 Å². The Kier molecular flexibility index (Phi) is 4.36. The van der Waals surface area contributed by atoms with Crippen LogP contribution in [0.3, 0.4) is 0 Å². The van der Waals surface area contributed by atoms with E-state index < -0.39 is 5.60 Å². The van der Waals surface area contributed by atoms with Gasteiger partial charge < -0.3 is 20.0 Å². The van der Waals surface area contributed by atoms with E-state index in [2.05, 4.69) is 21.4 Å². The third-order valence-electron chi connectivity index (χ3n) is 4.91. The molecule has 0 fully saturated rings. The number of aliphatic hydroxyl groups is 1. The largest absolute Gasteiger partial charge is 0.389 e. The summed E-state index contributed by atoms with van der Waals surface area (Å²) in [5.41, 5.74) is 3.55. The van der Waals surface area contributed by atoms with Crippen molar-refractivity contribution in [3.63, 3.8) is 0 Å². The number of aromatic amines is 1. The highest BCUT2D eigenvalue weighted by Crippen LogP contribution is 2.30. The van der Waals surface area contributed by atoms with Crippen LogP contribution in [0.5, 0.6) is 0 Å². The minimum absolute atomic E-state index is 0.174. The second kappa shape index (κ2) is 6.76. The summed E-state index contributed by atoms with van der Waals surface area (Å²) in [6.07, 6.45) is 1.61. The van der Waals surface area contributed by atoms with Crippen molar-refractivity contribution in [1.82, 2.24) is 19.9 Å². The number of aromatic nitrogens is 3. The standard InChI is InChI=1S/C22H21N5O2/c1-22(2,29)12-25-21(28)13-4-5-18-15(8-13)9-19(27(18)3)17-10-16-14(11-23)6-7-24-20(16)26-17/h4-10,29H,12H2,1-3H3,(H,24,26)(H,25,28). The Labute approximate surface area is 167 Å². The molecular weight excluding hydrogens is 366 g/mol. The molecule has 29 heavy (non-hydrogen) atoms. The maximum Gasteiger partial charge on any atom is 0.251 e. The lowest BCUT2D eigenvalue weighted by Crippen LogP contribution is -2.38. The summed E-state index contributed by atoms with van der Waals surface area (Å²) in [6, 6.07) is 13.3. The Hall–Kier alpha value is -3.63. The summed E-state index contributed by atoms with van der Waals surface area (Å²) in [5.74, 6) is -0.229. The van der Waals surface area contributed by atoms with Gasteiger partial charge in [0.15, 0.2) is 0 Å². The van der Waals surface area contributed by atoms with Crippen molar-refractivity contribution in [3.05, 3.63) is 53.7 Å². The highest BCUT2D eigenvalue weighted by atomic mass is 16.3. The van der Waals surface area contributed by atoms with E-state index >= 15 is 0 Å². The van der Waals surface area contributed by atoms with Gasteiger partial charge in [-0.2, -0.15) is 5.26 Å². The molecule has 0 atom stereocenters. The van der Waals surface area contributed by atoms with Crippen molar-refractivity contribution < 1.29 is 9.90 Å². The van der Waals surface area contributed by atoms with Crippen molar-refractivity contribution in [1.29, 1.82) is 5.26 Å². The van der Waals surface area contributed by atoms with E-state index in [-0.39, 0.29) is 12.5 Å². The van der Waals surface area contributed by atoms with Crippen LogP contribution >= 0.6 is 0 Å². The Morgan fingerprint density at radius 3 is 2.83 bits per heavy atom. The molecular formula is C22H21N5O2. The van der Waals surface area contributed by atoms with E-state index in [9.17, 15) is 15.2 Å². The van der Waals surface area contributed by atoms with Crippen molar-refractivity contribution in [3.8, 4) is 17.5 Å². The molecule has 7 nitrogen and oxygen atoms in total. The van der Waals surface area contributed by atoms with Crippen LogP contribution in [0.4, 0.5) is 0 Å². The van der Waals surface area contributed by atoms with E-state index in [0.29, 0.717) is 16.8 Å². The number of hydrogen-bond acceptors (Lipinski definition) is 4. The number of fused-ring (bicyclic) bond motifs is 2. The van der Waals surface area contributed by atoms with E-state index in [1.54, 1.807) is 32.2 Å². The molecule has 4 aromatic rings. The molecule has 7 heteroatoms. The first-order valence-electron chi connectivity index (χ1n) is 9.25. The molecule has 0 saturated heterocycles. The smallest absolute Gasteiger partial charge is 0.251 e. The summed E-state index contributed by atoms with van der Waals surface area (Å²) in [5, 5.41) is 23.6. The maximum absolute atomic E-state index is 12.4. The highest BCUT2D eigenvalue weighted by molar-refractivity contribution is 5.99. The summed E-state index contributed by atoms with van der Waals surface area (Å²) < 4.78 is 2.03. The second-order valence-corrected chi connectivity index (χ2v) is 7.77. The Bertz CT molecular complexity index is 1280. The first-order chi connectivity index (χ1) is 13.8. The van der Waals surface area contributed by atoms with Crippen LogP contribution in [0.15, 0.2) is 42.6 Å². The van der Waals surface area contributed by atoms with E-state index in [1.165, 1.54) is 0 Å². The van der Waals surface area contributed by atoms with Gasteiger partial charge in [-0.05, 0) is 50.2 Å². The van der Waals surface area contributed by atoms with Crippen LogP contribution < -0.4 is 5.32 Å². The van der Waals surface area contributed by atoms with Gasteiger partial charge in [0.05, 0.1) is 28.6 Å². The maximum atomic E-state index is 12.4. The molecule has 0 aliphatic carbocycles. The fraction of sp³-hybridized carbons (Fsp3) is 0.227. The molecule has 0 saturated carbocycles. The number of carbonyl (C=O) groups is 1. The number of benzene rings is 1. The van der Waals surface area contributed by atoms with Crippen molar-refractivity contribution in [2.24, 2.45) is 7.05 Å². The molecule has 3 N–H and O–H groups in total. The average molecular weight is 387 g/mol. The lowest BCUT2D eigenvalue weighted by atomic mass is 10.1. The van der Waals surface area contributed by atoms with Crippen LogP contribution in [0.2, 0.25) is 0 Å². The summed E-state index contributed by atoms with van der Waals surface area (Å²) in [4.78, 5) is 20.0. The van der Waals surface area contributed by atoms with E-state index in [0.717, 1.165) is 27.7 Å². The lowest BCUT2D eigenvalue weighted by molar-refractivity contribution is 0.0694. The van der Waals surface area contributed by atoms with Crippen LogP contribution in [-0.2, 0) is 7.05 Å². The SMILES string of the molecule is Cn1c(-c2cc3c(C#N)ccnc3[nH]2)cc2cc(C(=O)NCC(C)(C)O)ccc21. The Balaban J connectivity index is 1.73. The predicted octanol–water partition coefficient (Wildman–Crippen LogP) is 3.09. The van der Waals surface area contributed by atoms with Gasteiger partial charge in [-0.25, -0.2) is 4.98 Å². The minimum Gasteiger partial charge on any atom is -0.389 e. The van der Waals surface area contributed by atoms with Gasteiger partial charge in [0.25, 0.3) is 5.91 Å². The number of nitrogens with one attached hydrogen (secondary N) is 2. The summed E-state index contributed by atoms with van der Waals surface area (Å²) in [7, 11) is 1.95. The number of hydrogen-bond donors (Lipinski definition) is 3. The predicted molar refractivity (Wildman–Crippen MR) is 111 cm³/mol. The molecule has 0 aliphatic rings. The number of carbonyl (C=O) groups excluding carboxylic acids is 1. The van der Waals surface area contributed by atoms with Gasteiger partial charge in [-0.3, -0.25) is 4.79 Å². The van der Waals surface area contributed by atoms with Crippen molar-refractivity contribution >= 4 is 27.8 Å². The zero-order valence-corrected chi connectivity index (χ0v) is 16.4. The molecule has 0 unspecified atom stereocenters. The zero-order chi connectivity index (χ0) is 20.8. The number of pyridine rings is 1. The molecule has 0 aliphatic heterocycles. The molecule has 146 valence electrons. The van der Waals surface area contributed by atoms with Gasteiger partial charge in [-0.1, -0.05) is 0 Å². The van der Waals surface area contributed by atoms with Crippen LogP contribution in [0.1, 0.15) is 29.8 Å². The van der Waals surface area contributed by atoms with Gasteiger partial charge in [-0.15, -0.1) is 0 Å². The summed E-state index contributed by atoms with van der Waals surface area (Å²) >= 11 is 0. The average Bonchev–Trinajstić information content (AvgIpc) is 3.26. The number of nitriles is 1. The minimum atomic E-state index is -0.967. The summed E-state index contributed by atoms with van der Waals surface area (Å²) in [6.45, 7) is 3.47. The number of amides is 1. The number of rotatable bonds is 4. The topological polar surface area (TPSA) is 107 Å². The molecule has 0 radical (unpaired) electrons. The number of H-pyrrole nitrogens is 1. The Morgan fingerprint density at radius 2 is 2.10 bits per heavy atom. The van der Waals surface area contributed by atoms with Crippen LogP contribution in [0.25, 0.3) is 33.3 Å². The third kappa shape index (κ3) is 3.46. The Morgan fingerprint density at radius 1 is 1.31 bits per heavy atom. The molecule has 4 rings (SSSR count). The van der Waals surface area contributed by atoms with Crippen LogP contribution in [-0.4, -0.2) is 37.7 Å². The molecule has 3 aromatic heterocycles. The number of aryl methyl sites for hydroxylation is 1. The quantitative estimate of drug-likeness (QED) is 0.500. The van der Waals surface area contributed by atoms with E-state index in [1.807, 2.05) is 35.9 Å². The van der Waals surface area contributed by atoms with Gasteiger partial charge >= 0.3 is 0 Å². The normalized spacial score (nSPS) is 11.7. The first kappa shape index (κ1) is 18.7.